The highest BCUT2D eigenvalue weighted by molar-refractivity contribution is 5.98. The van der Waals surface area contributed by atoms with Crippen LogP contribution in [0.15, 0.2) is 0 Å². The molecule has 1 aliphatic heterocycles. The Labute approximate surface area is 149 Å². The van der Waals surface area contributed by atoms with Crippen LogP contribution in [0.5, 0.6) is 0 Å². The fourth-order valence-corrected chi connectivity index (χ4v) is 5.08. The van der Waals surface area contributed by atoms with E-state index in [0.717, 1.165) is 51.4 Å². The van der Waals surface area contributed by atoms with E-state index in [1.54, 1.807) is 13.8 Å². The molecule has 0 aromatic heterocycles. The van der Waals surface area contributed by atoms with Crippen molar-refractivity contribution >= 4 is 17.7 Å². The molecule has 5 heteroatoms. The fraction of sp³-hybridized carbons (Fsp3) is 0.850. The van der Waals surface area contributed by atoms with Crippen molar-refractivity contribution in [2.75, 3.05) is 0 Å². The first-order valence-corrected chi connectivity index (χ1v) is 9.79. The Morgan fingerprint density at radius 1 is 0.960 bits per heavy atom. The summed E-state index contributed by atoms with van der Waals surface area (Å²) in [5.41, 5.74) is 0. The highest BCUT2D eigenvalue weighted by atomic mass is 16.7. The van der Waals surface area contributed by atoms with Crippen LogP contribution in [0.25, 0.3) is 0 Å². The predicted molar refractivity (Wildman–Crippen MR) is 91.3 cm³/mol. The van der Waals surface area contributed by atoms with Crippen LogP contribution in [-0.4, -0.2) is 23.5 Å². The fourth-order valence-electron chi connectivity index (χ4n) is 5.08. The van der Waals surface area contributed by atoms with Gasteiger partial charge < -0.3 is 9.47 Å². The molecule has 0 spiro atoms. The molecule has 1 saturated heterocycles. The summed E-state index contributed by atoms with van der Waals surface area (Å²) < 4.78 is 10.6. The summed E-state index contributed by atoms with van der Waals surface area (Å²) in [7, 11) is 0. The van der Waals surface area contributed by atoms with Gasteiger partial charge in [0.15, 0.2) is 5.92 Å². The van der Waals surface area contributed by atoms with E-state index < -0.39 is 23.6 Å². The number of ketones is 1. The maximum absolute atomic E-state index is 13.3. The largest absolute Gasteiger partial charge is 0.422 e. The molecule has 3 aliphatic rings. The second kappa shape index (κ2) is 7.08. The Hall–Kier alpha value is -1.39. The normalized spacial score (nSPS) is 27.8. The smallest absolute Gasteiger partial charge is 0.323 e. The zero-order valence-corrected chi connectivity index (χ0v) is 15.6. The van der Waals surface area contributed by atoms with Gasteiger partial charge in [0.05, 0.1) is 0 Å². The molecule has 0 N–H and O–H groups in total. The number of rotatable bonds is 5. The summed E-state index contributed by atoms with van der Waals surface area (Å²) in [4.78, 5) is 38.2. The third-order valence-corrected chi connectivity index (χ3v) is 6.29. The molecular formula is C20H30O5. The van der Waals surface area contributed by atoms with Crippen LogP contribution in [0.3, 0.4) is 0 Å². The van der Waals surface area contributed by atoms with Crippen molar-refractivity contribution in [3.63, 3.8) is 0 Å². The number of cyclic esters (lactones) is 2. The zero-order valence-electron chi connectivity index (χ0n) is 15.6. The minimum atomic E-state index is -1.22. The van der Waals surface area contributed by atoms with Crippen molar-refractivity contribution in [2.45, 2.75) is 77.9 Å². The molecule has 2 aliphatic carbocycles. The van der Waals surface area contributed by atoms with Gasteiger partial charge in [-0.1, -0.05) is 32.6 Å². The average Bonchev–Trinajstić information content (AvgIpc) is 3.19. The van der Waals surface area contributed by atoms with E-state index >= 15 is 0 Å². The molecule has 5 nitrogen and oxygen atoms in total. The lowest BCUT2D eigenvalue weighted by atomic mass is 9.70. The highest BCUT2D eigenvalue weighted by Crippen LogP contribution is 2.43. The summed E-state index contributed by atoms with van der Waals surface area (Å²) in [6.07, 6.45) is 8.36. The summed E-state index contributed by atoms with van der Waals surface area (Å²) >= 11 is 0. The van der Waals surface area contributed by atoms with Gasteiger partial charge in [-0.2, -0.15) is 0 Å². The Kier molecular flexibility index (Phi) is 5.21. The number of ether oxygens (including phenoxy) is 2. The molecule has 0 bridgehead atoms. The molecule has 1 heterocycles. The number of hydrogen-bond donors (Lipinski definition) is 0. The van der Waals surface area contributed by atoms with Crippen molar-refractivity contribution in [3.8, 4) is 0 Å². The van der Waals surface area contributed by atoms with Gasteiger partial charge in [-0.05, 0) is 37.5 Å². The summed E-state index contributed by atoms with van der Waals surface area (Å²) in [5, 5.41) is 0. The molecule has 2 unspecified atom stereocenters. The van der Waals surface area contributed by atoms with Crippen LogP contribution in [0.4, 0.5) is 0 Å². The minimum Gasteiger partial charge on any atom is -0.422 e. The topological polar surface area (TPSA) is 69.7 Å². The maximum atomic E-state index is 13.3. The Balaban J connectivity index is 1.83. The molecule has 2 atom stereocenters. The molecule has 3 rings (SSSR count). The van der Waals surface area contributed by atoms with Crippen LogP contribution in [0.2, 0.25) is 0 Å². The third kappa shape index (κ3) is 3.75. The minimum absolute atomic E-state index is 0.0973. The molecule has 3 fully saturated rings. The first-order valence-electron chi connectivity index (χ1n) is 9.79. The van der Waals surface area contributed by atoms with Crippen LogP contribution in [0.1, 0.15) is 72.1 Å². The predicted octanol–water partition coefficient (Wildman–Crippen LogP) is 3.64. The lowest BCUT2D eigenvalue weighted by Crippen LogP contribution is -2.51. The Bertz CT molecular complexity index is 520. The summed E-state index contributed by atoms with van der Waals surface area (Å²) in [6, 6.07) is 0. The SMILES string of the molecule is CC(C1C(=O)OC(C)(C)OC1=O)C(C(=O)C1CCCC1)C1CCCC1. The van der Waals surface area contributed by atoms with Gasteiger partial charge in [0.1, 0.15) is 5.78 Å². The van der Waals surface area contributed by atoms with E-state index in [0.29, 0.717) is 0 Å². The van der Waals surface area contributed by atoms with Crippen molar-refractivity contribution in [1.29, 1.82) is 0 Å². The van der Waals surface area contributed by atoms with E-state index in [9.17, 15) is 14.4 Å². The van der Waals surface area contributed by atoms with Crippen molar-refractivity contribution in [1.82, 2.24) is 0 Å². The number of carbonyl (C=O) groups excluding carboxylic acids is 3. The first kappa shape index (κ1) is 18.4. The molecule has 0 aromatic rings. The molecule has 25 heavy (non-hydrogen) atoms. The molecular weight excluding hydrogens is 320 g/mol. The zero-order chi connectivity index (χ0) is 18.2. The average molecular weight is 350 g/mol. The quantitative estimate of drug-likeness (QED) is 0.559. The second-order valence-electron chi connectivity index (χ2n) is 8.53. The molecule has 0 aromatic carbocycles. The van der Waals surface area contributed by atoms with E-state index in [-0.39, 0.29) is 29.5 Å². The highest BCUT2D eigenvalue weighted by Gasteiger charge is 2.51. The van der Waals surface area contributed by atoms with Crippen LogP contribution in [-0.2, 0) is 23.9 Å². The van der Waals surface area contributed by atoms with Crippen LogP contribution >= 0.6 is 0 Å². The summed E-state index contributed by atoms with van der Waals surface area (Å²) in [5.74, 6) is -3.26. The van der Waals surface area contributed by atoms with E-state index in [4.69, 9.17) is 9.47 Å². The molecule has 0 radical (unpaired) electrons. The van der Waals surface area contributed by atoms with Crippen LogP contribution in [0, 0.1) is 29.6 Å². The Morgan fingerprint density at radius 3 is 1.96 bits per heavy atom. The molecule has 0 amide bonds. The van der Waals surface area contributed by atoms with Gasteiger partial charge in [0.2, 0.25) is 0 Å². The number of Topliss-reactive ketones (excluding diaryl/α,β-unsaturated/α-hetero) is 1. The molecule has 2 saturated carbocycles. The lowest BCUT2D eigenvalue weighted by molar-refractivity contribution is -0.243. The number of carbonyl (C=O) groups is 3. The number of hydrogen-bond acceptors (Lipinski definition) is 5. The van der Waals surface area contributed by atoms with Crippen molar-refractivity contribution in [2.24, 2.45) is 29.6 Å². The monoisotopic (exact) mass is 350 g/mol. The van der Waals surface area contributed by atoms with Crippen molar-refractivity contribution < 1.29 is 23.9 Å². The van der Waals surface area contributed by atoms with Gasteiger partial charge in [-0.3, -0.25) is 14.4 Å². The number of esters is 2. The standard InChI is InChI=1S/C20H30O5/c1-12(16-18(22)24-20(2,3)25-19(16)23)15(13-8-4-5-9-13)17(21)14-10-6-7-11-14/h12-16H,4-11H2,1-3H3. The van der Waals surface area contributed by atoms with Gasteiger partial charge in [0.25, 0.3) is 5.79 Å². The van der Waals surface area contributed by atoms with E-state index in [1.807, 2.05) is 6.92 Å². The van der Waals surface area contributed by atoms with E-state index in [2.05, 4.69) is 0 Å². The molecule has 140 valence electrons. The maximum Gasteiger partial charge on any atom is 0.323 e. The lowest BCUT2D eigenvalue weighted by Gasteiger charge is -2.38. The van der Waals surface area contributed by atoms with Gasteiger partial charge in [-0.15, -0.1) is 0 Å². The van der Waals surface area contributed by atoms with Gasteiger partial charge in [-0.25, -0.2) is 0 Å². The van der Waals surface area contributed by atoms with E-state index in [1.165, 1.54) is 0 Å². The summed E-state index contributed by atoms with van der Waals surface area (Å²) in [6.45, 7) is 4.98. The Morgan fingerprint density at radius 2 is 1.44 bits per heavy atom. The van der Waals surface area contributed by atoms with Crippen LogP contribution < -0.4 is 0 Å². The first-order chi connectivity index (χ1) is 11.8. The third-order valence-electron chi connectivity index (χ3n) is 6.29. The van der Waals surface area contributed by atoms with Crippen molar-refractivity contribution in [3.05, 3.63) is 0 Å². The van der Waals surface area contributed by atoms with Gasteiger partial charge in [0, 0.05) is 25.7 Å². The van der Waals surface area contributed by atoms with Gasteiger partial charge >= 0.3 is 11.9 Å². The second-order valence-corrected chi connectivity index (χ2v) is 8.53.